The zero-order chi connectivity index (χ0) is 15.7. The molecular weight excluding hydrogens is 286 g/mol. The summed E-state index contributed by atoms with van der Waals surface area (Å²) in [4.78, 5) is 7.12. The highest BCUT2D eigenvalue weighted by molar-refractivity contribution is 5.58. The molecule has 112 valence electrons. The summed E-state index contributed by atoms with van der Waals surface area (Å²) in [7, 11) is 0. The van der Waals surface area contributed by atoms with Crippen molar-refractivity contribution < 1.29 is 13.9 Å². The summed E-state index contributed by atoms with van der Waals surface area (Å²) in [6.07, 6.45) is 0.537. The van der Waals surface area contributed by atoms with E-state index in [1.165, 1.54) is 36.5 Å². The molecule has 1 atom stereocenters. The Morgan fingerprint density at radius 2 is 1.86 bits per heavy atom. The Labute approximate surface area is 126 Å². The van der Waals surface area contributed by atoms with Crippen molar-refractivity contribution in [3.8, 4) is 11.3 Å². The van der Waals surface area contributed by atoms with Gasteiger partial charge in [-0.15, -0.1) is 0 Å². The van der Waals surface area contributed by atoms with Crippen molar-refractivity contribution >= 4 is 0 Å². The number of H-pyrrole nitrogens is 1. The number of nitrogens with one attached hydrogen (secondary N) is 1. The minimum absolute atomic E-state index is 0.328. The van der Waals surface area contributed by atoms with Gasteiger partial charge in [-0.2, -0.15) is 0 Å². The van der Waals surface area contributed by atoms with Gasteiger partial charge in [-0.3, -0.25) is 0 Å². The number of aromatic nitrogens is 2. The molecule has 0 aliphatic carbocycles. The number of aliphatic hydroxyl groups is 1. The van der Waals surface area contributed by atoms with Gasteiger partial charge in [0.25, 0.3) is 0 Å². The monoisotopic (exact) mass is 300 g/mol. The molecule has 5 heteroatoms. The molecule has 0 bridgehead atoms. The van der Waals surface area contributed by atoms with Crippen molar-refractivity contribution in [2.45, 2.75) is 13.0 Å². The highest BCUT2D eigenvalue weighted by Crippen LogP contribution is 2.26. The topological polar surface area (TPSA) is 48.9 Å². The number of imidazole rings is 1. The van der Waals surface area contributed by atoms with E-state index in [0.717, 1.165) is 0 Å². The summed E-state index contributed by atoms with van der Waals surface area (Å²) in [5.74, 6) is -0.370. The van der Waals surface area contributed by atoms with Gasteiger partial charge < -0.3 is 10.1 Å². The smallest absolute Gasteiger partial charge is 0.140 e. The lowest BCUT2D eigenvalue weighted by Gasteiger charge is -2.11. The lowest BCUT2D eigenvalue weighted by molar-refractivity contribution is 0.210. The Hall–Kier alpha value is -2.53. The zero-order valence-electron chi connectivity index (χ0n) is 11.8. The molecule has 0 fully saturated rings. The van der Waals surface area contributed by atoms with Crippen LogP contribution in [-0.4, -0.2) is 15.1 Å². The van der Waals surface area contributed by atoms with Gasteiger partial charge in [0.15, 0.2) is 0 Å². The standard InChI is InChI=1S/C17H14F2N2O/c1-10-7-13(19)5-6-14(10)16(22)17-20-9-15(21-17)11-3-2-4-12(18)8-11/h2-9,16,22H,1H3,(H,20,21). The van der Waals surface area contributed by atoms with Gasteiger partial charge in [-0.05, 0) is 42.3 Å². The number of hydrogen-bond acceptors (Lipinski definition) is 2. The largest absolute Gasteiger partial charge is 0.380 e. The summed E-state index contributed by atoms with van der Waals surface area (Å²) in [5.41, 5.74) is 2.45. The second-order valence-electron chi connectivity index (χ2n) is 5.10. The minimum atomic E-state index is -0.997. The summed E-state index contributed by atoms with van der Waals surface area (Å²) in [5, 5.41) is 10.4. The van der Waals surface area contributed by atoms with Crippen LogP contribution in [0.5, 0.6) is 0 Å². The maximum Gasteiger partial charge on any atom is 0.140 e. The van der Waals surface area contributed by atoms with E-state index in [0.29, 0.717) is 28.2 Å². The fraction of sp³-hybridized carbons (Fsp3) is 0.118. The third kappa shape index (κ3) is 2.76. The van der Waals surface area contributed by atoms with Gasteiger partial charge in [0.05, 0.1) is 11.9 Å². The molecule has 3 nitrogen and oxygen atoms in total. The summed E-state index contributed by atoms with van der Waals surface area (Å²) in [6, 6.07) is 10.3. The fourth-order valence-corrected chi connectivity index (χ4v) is 2.37. The Kier molecular flexibility index (Phi) is 3.73. The Balaban J connectivity index is 1.93. The lowest BCUT2D eigenvalue weighted by Crippen LogP contribution is -2.04. The molecule has 2 N–H and O–H groups in total. The third-order valence-corrected chi connectivity index (χ3v) is 3.52. The summed E-state index contributed by atoms with van der Waals surface area (Å²) < 4.78 is 26.4. The highest BCUT2D eigenvalue weighted by Gasteiger charge is 2.17. The molecule has 0 radical (unpaired) electrons. The number of aromatic amines is 1. The van der Waals surface area contributed by atoms with E-state index in [1.54, 1.807) is 19.1 Å². The van der Waals surface area contributed by atoms with Crippen LogP contribution in [0.4, 0.5) is 8.78 Å². The van der Waals surface area contributed by atoms with E-state index in [2.05, 4.69) is 9.97 Å². The summed E-state index contributed by atoms with van der Waals surface area (Å²) in [6.45, 7) is 1.72. The third-order valence-electron chi connectivity index (χ3n) is 3.52. The quantitative estimate of drug-likeness (QED) is 0.774. The van der Waals surface area contributed by atoms with E-state index in [4.69, 9.17) is 0 Å². The van der Waals surface area contributed by atoms with Crippen molar-refractivity contribution in [3.05, 3.63) is 77.2 Å². The van der Waals surface area contributed by atoms with E-state index < -0.39 is 6.10 Å². The number of aliphatic hydroxyl groups excluding tert-OH is 1. The van der Waals surface area contributed by atoms with E-state index in [-0.39, 0.29) is 11.6 Å². The number of halogens is 2. The van der Waals surface area contributed by atoms with E-state index in [1.807, 2.05) is 0 Å². The Morgan fingerprint density at radius 3 is 2.59 bits per heavy atom. The van der Waals surface area contributed by atoms with Gasteiger partial charge in [0.1, 0.15) is 23.6 Å². The molecule has 1 aromatic heterocycles. The molecule has 0 spiro atoms. The van der Waals surface area contributed by atoms with Crippen LogP contribution in [0.25, 0.3) is 11.3 Å². The Morgan fingerprint density at radius 1 is 1.09 bits per heavy atom. The molecule has 2 aromatic carbocycles. The highest BCUT2D eigenvalue weighted by atomic mass is 19.1. The predicted molar refractivity (Wildman–Crippen MR) is 79.2 cm³/mol. The van der Waals surface area contributed by atoms with E-state index >= 15 is 0 Å². The molecule has 0 amide bonds. The SMILES string of the molecule is Cc1cc(F)ccc1C(O)c1ncc(-c2cccc(F)c2)[nH]1. The van der Waals surface area contributed by atoms with Crippen LogP contribution in [-0.2, 0) is 0 Å². The maximum absolute atomic E-state index is 13.3. The van der Waals surface area contributed by atoms with E-state index in [9.17, 15) is 13.9 Å². The number of nitrogens with zero attached hydrogens (tertiary/aromatic N) is 1. The van der Waals surface area contributed by atoms with Gasteiger partial charge in [0, 0.05) is 5.56 Å². The van der Waals surface area contributed by atoms with Crippen LogP contribution in [0.15, 0.2) is 48.7 Å². The Bertz CT molecular complexity index is 814. The molecule has 1 heterocycles. The minimum Gasteiger partial charge on any atom is -0.380 e. The molecule has 3 aromatic rings. The van der Waals surface area contributed by atoms with Crippen LogP contribution in [0.1, 0.15) is 23.1 Å². The number of benzene rings is 2. The van der Waals surface area contributed by atoms with Crippen LogP contribution < -0.4 is 0 Å². The number of rotatable bonds is 3. The normalized spacial score (nSPS) is 12.4. The maximum atomic E-state index is 13.3. The van der Waals surface area contributed by atoms with Gasteiger partial charge in [-0.25, -0.2) is 13.8 Å². The van der Waals surface area contributed by atoms with Gasteiger partial charge >= 0.3 is 0 Å². The van der Waals surface area contributed by atoms with Gasteiger partial charge in [-0.1, -0.05) is 18.2 Å². The zero-order valence-corrected chi connectivity index (χ0v) is 11.8. The molecule has 0 aliphatic rings. The van der Waals surface area contributed by atoms with Crippen molar-refractivity contribution in [2.75, 3.05) is 0 Å². The first-order valence-corrected chi connectivity index (χ1v) is 6.79. The van der Waals surface area contributed by atoms with Crippen LogP contribution in [0, 0.1) is 18.6 Å². The fourth-order valence-electron chi connectivity index (χ4n) is 2.37. The second kappa shape index (κ2) is 5.69. The van der Waals surface area contributed by atoms with Crippen LogP contribution >= 0.6 is 0 Å². The molecule has 3 rings (SSSR count). The predicted octanol–water partition coefficient (Wildman–Crippen LogP) is 3.75. The van der Waals surface area contributed by atoms with Crippen molar-refractivity contribution in [1.29, 1.82) is 0 Å². The average molecular weight is 300 g/mol. The first-order chi connectivity index (χ1) is 10.5. The van der Waals surface area contributed by atoms with Crippen molar-refractivity contribution in [3.63, 3.8) is 0 Å². The van der Waals surface area contributed by atoms with Gasteiger partial charge in [0.2, 0.25) is 0 Å². The first kappa shape index (κ1) is 14.4. The van der Waals surface area contributed by atoms with Crippen molar-refractivity contribution in [2.24, 2.45) is 0 Å². The molecule has 0 saturated heterocycles. The summed E-state index contributed by atoms with van der Waals surface area (Å²) >= 11 is 0. The molecule has 0 aliphatic heterocycles. The molecule has 0 saturated carbocycles. The number of hydrogen-bond donors (Lipinski definition) is 2. The second-order valence-corrected chi connectivity index (χ2v) is 5.10. The first-order valence-electron chi connectivity index (χ1n) is 6.79. The molecule has 1 unspecified atom stereocenters. The molecular formula is C17H14F2N2O. The lowest BCUT2D eigenvalue weighted by atomic mass is 10.0. The van der Waals surface area contributed by atoms with Crippen molar-refractivity contribution in [1.82, 2.24) is 9.97 Å². The molecule has 22 heavy (non-hydrogen) atoms. The van der Waals surface area contributed by atoms with Crippen LogP contribution in [0.3, 0.4) is 0 Å². The van der Waals surface area contributed by atoms with Crippen LogP contribution in [0.2, 0.25) is 0 Å². The number of aryl methyl sites for hydroxylation is 1. The average Bonchev–Trinajstić information content (AvgIpc) is 2.96.